The molecule has 2 aliphatic carbocycles. The number of nitrogens with zero attached hydrogens (tertiary/aromatic N) is 4. The Morgan fingerprint density at radius 3 is 2.50 bits per heavy atom. The van der Waals surface area contributed by atoms with Gasteiger partial charge in [-0.3, -0.25) is 9.98 Å². The van der Waals surface area contributed by atoms with Gasteiger partial charge in [-0.2, -0.15) is 0 Å². The molecular weight excluding hydrogens is 446 g/mol. The molecule has 2 aromatic carbocycles. The number of para-hydroxylation sites is 3. The van der Waals surface area contributed by atoms with Crippen molar-refractivity contribution in [3.63, 3.8) is 0 Å². The number of pyridine rings is 1. The van der Waals surface area contributed by atoms with E-state index in [2.05, 4.69) is 69.5 Å². The van der Waals surface area contributed by atoms with Crippen LogP contribution >= 0.6 is 0 Å². The van der Waals surface area contributed by atoms with Gasteiger partial charge in [0.1, 0.15) is 0 Å². The van der Waals surface area contributed by atoms with E-state index in [4.69, 9.17) is 14.7 Å². The Labute approximate surface area is 210 Å². The molecule has 0 amide bonds. The molecule has 1 fully saturated rings. The number of ether oxygens (including phenoxy) is 1. The highest BCUT2D eigenvalue weighted by atomic mass is 16.5. The Balaban J connectivity index is 1.57. The Kier molecular flexibility index (Phi) is 6.18. The van der Waals surface area contributed by atoms with Crippen molar-refractivity contribution in [1.29, 1.82) is 0 Å². The van der Waals surface area contributed by atoms with Crippen LogP contribution in [0.5, 0.6) is 0 Å². The molecule has 1 saturated carbocycles. The van der Waals surface area contributed by atoms with Gasteiger partial charge in [0, 0.05) is 19.0 Å². The molecule has 0 saturated heterocycles. The van der Waals surface area contributed by atoms with Gasteiger partial charge in [0.25, 0.3) is 0 Å². The number of aromatic nitrogens is 3. The van der Waals surface area contributed by atoms with Crippen LogP contribution in [0.25, 0.3) is 28.1 Å². The first-order valence-electron chi connectivity index (χ1n) is 12.5. The molecule has 0 radical (unpaired) electrons. The maximum absolute atomic E-state index is 5.58. The van der Waals surface area contributed by atoms with Crippen molar-refractivity contribution in [1.82, 2.24) is 14.5 Å². The molecule has 3 aliphatic rings. The first kappa shape index (κ1) is 22.4. The lowest BCUT2D eigenvalue weighted by Crippen LogP contribution is -2.25. The largest absolute Gasteiger partial charge is 0.381 e. The molecule has 1 N–H and O–H groups in total. The summed E-state index contributed by atoms with van der Waals surface area (Å²) in [7, 11) is 1.81. The molecule has 2 heterocycles. The molecule has 3 aromatic rings. The zero-order chi connectivity index (χ0) is 24.3. The Hall–Kier alpha value is -4.03. The highest BCUT2D eigenvalue weighted by molar-refractivity contribution is 5.84. The van der Waals surface area contributed by atoms with E-state index < -0.39 is 0 Å². The van der Waals surface area contributed by atoms with Crippen LogP contribution in [-0.2, 0) is 4.74 Å². The third kappa shape index (κ3) is 4.48. The number of benzene rings is 3. The third-order valence-corrected chi connectivity index (χ3v) is 6.95. The minimum Gasteiger partial charge on any atom is -0.381 e. The maximum atomic E-state index is 5.58. The monoisotopic (exact) mass is 475 g/mol. The van der Waals surface area contributed by atoms with Gasteiger partial charge in [0.05, 0.1) is 57.5 Å². The van der Waals surface area contributed by atoms with E-state index in [1.807, 2.05) is 30.5 Å². The van der Waals surface area contributed by atoms with Crippen LogP contribution < -0.4 is 10.7 Å². The lowest BCUT2D eigenvalue weighted by atomic mass is 9.93. The molecule has 0 unspecified atom stereocenters. The van der Waals surface area contributed by atoms with Crippen LogP contribution in [0.1, 0.15) is 25.7 Å². The van der Waals surface area contributed by atoms with Gasteiger partial charge >= 0.3 is 0 Å². The fraction of sp³-hybridized carbons (Fsp3) is 0.233. The van der Waals surface area contributed by atoms with E-state index in [0.717, 1.165) is 70.5 Å². The number of anilines is 2. The molecule has 36 heavy (non-hydrogen) atoms. The standard InChI is InChI=1S/C30H29N5O/c1-36-24-15-13-21(14-16-24)32-27-19-30-28(18-26(27)33-22-8-7-17-31-20-22)34-25-11-5-6-12-29(25)35(30)23-9-3-2-4-10-23/h2-12,17-21,24,33H,13-16H2,1H3/b32-27+. The van der Waals surface area contributed by atoms with Crippen molar-refractivity contribution < 1.29 is 4.74 Å². The summed E-state index contributed by atoms with van der Waals surface area (Å²) in [6.45, 7) is 0. The highest BCUT2D eigenvalue weighted by Gasteiger charge is 2.21. The van der Waals surface area contributed by atoms with Gasteiger partial charge in [0.15, 0.2) is 0 Å². The predicted molar refractivity (Wildman–Crippen MR) is 144 cm³/mol. The third-order valence-electron chi connectivity index (χ3n) is 6.95. The number of hydrogen-bond acceptors (Lipinski definition) is 5. The first-order chi connectivity index (χ1) is 17.8. The lowest BCUT2D eigenvalue weighted by Gasteiger charge is -2.25. The van der Waals surface area contributed by atoms with E-state index in [0.29, 0.717) is 6.10 Å². The Bertz CT molecular complexity index is 1510. The van der Waals surface area contributed by atoms with Crippen molar-refractivity contribution in [3.05, 3.63) is 96.6 Å². The van der Waals surface area contributed by atoms with Crippen molar-refractivity contribution in [2.75, 3.05) is 12.4 Å². The predicted octanol–water partition coefficient (Wildman–Crippen LogP) is 6.13. The topological polar surface area (TPSA) is 64.3 Å². The number of fused-ring (bicyclic) bond motifs is 2. The second-order valence-corrected chi connectivity index (χ2v) is 9.29. The lowest BCUT2D eigenvalue weighted by molar-refractivity contribution is 0.0663. The van der Waals surface area contributed by atoms with Gasteiger partial charge in [0.2, 0.25) is 0 Å². The van der Waals surface area contributed by atoms with Crippen molar-refractivity contribution in [3.8, 4) is 17.1 Å². The molecule has 0 spiro atoms. The molecule has 6 nitrogen and oxygen atoms in total. The van der Waals surface area contributed by atoms with Crippen molar-refractivity contribution in [2.24, 2.45) is 4.99 Å². The second-order valence-electron chi connectivity index (χ2n) is 9.29. The van der Waals surface area contributed by atoms with E-state index in [-0.39, 0.29) is 6.04 Å². The van der Waals surface area contributed by atoms with Crippen LogP contribution in [-0.4, -0.2) is 33.8 Å². The smallest absolute Gasteiger partial charge is 0.0900 e. The second kappa shape index (κ2) is 9.91. The number of methoxy groups -OCH3 is 1. The van der Waals surface area contributed by atoms with Crippen LogP contribution in [0, 0.1) is 0 Å². The summed E-state index contributed by atoms with van der Waals surface area (Å²) in [5.74, 6) is 0. The summed E-state index contributed by atoms with van der Waals surface area (Å²) in [6, 6.07) is 27.3. The van der Waals surface area contributed by atoms with E-state index >= 15 is 0 Å². The van der Waals surface area contributed by atoms with Crippen LogP contribution in [0.2, 0.25) is 0 Å². The summed E-state index contributed by atoms with van der Waals surface area (Å²) < 4.78 is 7.87. The minimum atomic E-state index is 0.266. The van der Waals surface area contributed by atoms with Crippen LogP contribution in [0.15, 0.2) is 96.2 Å². The molecule has 6 heteroatoms. The molecule has 1 aliphatic heterocycles. The van der Waals surface area contributed by atoms with E-state index in [1.165, 1.54) is 0 Å². The summed E-state index contributed by atoms with van der Waals surface area (Å²) >= 11 is 0. The average Bonchev–Trinajstić information content (AvgIpc) is 2.93. The quantitative estimate of drug-likeness (QED) is 0.311. The Morgan fingerprint density at radius 1 is 0.917 bits per heavy atom. The molecule has 0 bridgehead atoms. The van der Waals surface area contributed by atoms with Gasteiger partial charge in [-0.1, -0.05) is 30.3 Å². The van der Waals surface area contributed by atoms with Crippen molar-refractivity contribution in [2.45, 2.75) is 37.8 Å². The van der Waals surface area contributed by atoms with Crippen molar-refractivity contribution >= 4 is 22.4 Å². The SMILES string of the molecule is COC1CCC(/N=c2\cc3n(-c4ccccc4)c4ccccc4nc-3cc2Nc2cccnc2)CC1. The zero-order valence-corrected chi connectivity index (χ0v) is 20.3. The van der Waals surface area contributed by atoms with Crippen LogP contribution in [0.4, 0.5) is 11.4 Å². The maximum Gasteiger partial charge on any atom is 0.0900 e. The molecule has 180 valence electrons. The molecule has 0 atom stereocenters. The molecule has 6 rings (SSSR count). The minimum absolute atomic E-state index is 0.266. The fourth-order valence-corrected chi connectivity index (χ4v) is 5.10. The average molecular weight is 476 g/mol. The van der Waals surface area contributed by atoms with E-state index in [1.54, 1.807) is 13.3 Å². The zero-order valence-electron chi connectivity index (χ0n) is 20.3. The number of rotatable bonds is 5. The number of hydrogen-bond donors (Lipinski definition) is 1. The van der Waals surface area contributed by atoms with E-state index in [9.17, 15) is 0 Å². The summed E-state index contributed by atoms with van der Waals surface area (Å²) in [5, 5.41) is 4.49. The van der Waals surface area contributed by atoms with Gasteiger partial charge in [-0.05, 0) is 74.2 Å². The van der Waals surface area contributed by atoms with Gasteiger partial charge < -0.3 is 14.6 Å². The Morgan fingerprint density at radius 2 is 1.72 bits per heavy atom. The first-order valence-corrected chi connectivity index (χ1v) is 12.5. The van der Waals surface area contributed by atoms with Gasteiger partial charge in [-0.25, -0.2) is 4.98 Å². The summed E-state index contributed by atoms with van der Waals surface area (Å²) in [6.07, 6.45) is 8.09. The number of nitrogens with one attached hydrogen (secondary N) is 1. The fourth-order valence-electron chi connectivity index (χ4n) is 5.10. The summed E-state index contributed by atoms with van der Waals surface area (Å²) in [4.78, 5) is 14.6. The molecular formula is C30H29N5O. The highest BCUT2D eigenvalue weighted by Crippen LogP contribution is 2.31. The van der Waals surface area contributed by atoms with Crippen LogP contribution in [0.3, 0.4) is 0 Å². The normalized spacial score (nSPS) is 18.5. The van der Waals surface area contributed by atoms with Gasteiger partial charge in [-0.15, -0.1) is 0 Å². The summed E-state index contributed by atoms with van der Waals surface area (Å²) in [5.41, 5.74) is 6.91. The molecule has 1 aromatic heterocycles.